The predicted octanol–water partition coefficient (Wildman–Crippen LogP) is 6.44. The molecule has 7 rings (SSSR count). The molecule has 0 bridgehead atoms. The number of carbonyl (C=O) groups is 1. The van der Waals surface area contributed by atoms with Gasteiger partial charge < -0.3 is 34.3 Å². The van der Waals surface area contributed by atoms with Crippen LogP contribution >= 0.6 is 0 Å². The largest absolute Gasteiger partial charge is 0.489 e. The molecule has 4 heterocycles. The van der Waals surface area contributed by atoms with Gasteiger partial charge in [0.2, 0.25) is 11.9 Å². The highest BCUT2D eigenvalue weighted by atomic mass is 16.5. The van der Waals surface area contributed by atoms with Crippen molar-refractivity contribution in [3.8, 4) is 5.82 Å². The van der Waals surface area contributed by atoms with Crippen LogP contribution in [-0.2, 0) is 49.0 Å². The number of benzene rings is 2. The lowest BCUT2D eigenvalue weighted by atomic mass is 10.1. The lowest BCUT2D eigenvalue weighted by Crippen LogP contribution is -2.46. The smallest absolute Gasteiger partial charge is 0.278 e. The summed E-state index contributed by atoms with van der Waals surface area (Å²) in [7, 11) is 1.73. The Morgan fingerprint density at radius 3 is 2.25 bits per heavy atom. The van der Waals surface area contributed by atoms with Crippen LogP contribution in [0.15, 0.2) is 139 Å². The van der Waals surface area contributed by atoms with Gasteiger partial charge >= 0.3 is 0 Å². The van der Waals surface area contributed by atoms with E-state index in [0.717, 1.165) is 50.6 Å². The van der Waals surface area contributed by atoms with E-state index in [2.05, 4.69) is 60.9 Å². The lowest BCUT2D eigenvalue weighted by Gasteiger charge is -2.34. The summed E-state index contributed by atoms with van der Waals surface area (Å²) in [6.07, 6.45) is 17.2. The van der Waals surface area contributed by atoms with Crippen molar-refractivity contribution in [3.05, 3.63) is 161 Å². The lowest BCUT2D eigenvalue weighted by molar-refractivity contribution is -0.119. The third kappa shape index (κ3) is 14.0. The van der Waals surface area contributed by atoms with Gasteiger partial charge in [0.15, 0.2) is 11.5 Å². The fraction of sp³-hybridized carbons (Fsp3) is 0.365. The van der Waals surface area contributed by atoms with Crippen molar-refractivity contribution in [2.24, 2.45) is 0 Å². The number of pyridine rings is 1. The Morgan fingerprint density at radius 1 is 0.838 bits per heavy atom. The summed E-state index contributed by atoms with van der Waals surface area (Å²) in [6.45, 7) is 16.6. The molecule has 358 valence electrons. The molecular weight excluding hydrogens is 863 g/mol. The molecule has 0 unspecified atom stereocenters. The number of allylic oxidation sites excluding steroid dienone is 8. The van der Waals surface area contributed by atoms with Crippen LogP contribution in [0.5, 0.6) is 0 Å². The fourth-order valence-corrected chi connectivity index (χ4v) is 7.58. The Bertz CT molecular complexity index is 2620. The average molecular weight is 926 g/mol. The van der Waals surface area contributed by atoms with Crippen LogP contribution in [0.1, 0.15) is 37.1 Å². The van der Waals surface area contributed by atoms with E-state index in [1.807, 2.05) is 66.8 Å². The summed E-state index contributed by atoms with van der Waals surface area (Å²) in [5, 5.41) is 14.1. The molecule has 1 fully saturated rings. The second-order valence-corrected chi connectivity index (χ2v) is 17.0. The second-order valence-electron chi connectivity index (χ2n) is 17.0. The number of ether oxygens (including phenoxy) is 4. The van der Waals surface area contributed by atoms with E-state index < -0.39 is 5.60 Å². The van der Waals surface area contributed by atoms with Crippen molar-refractivity contribution in [2.75, 3.05) is 89.6 Å². The molecule has 0 radical (unpaired) electrons. The third-order valence-corrected chi connectivity index (χ3v) is 11.5. The number of hydrogen-bond donors (Lipinski definition) is 2. The Morgan fingerprint density at radius 2 is 1.51 bits per heavy atom. The number of aromatic nitrogens is 5. The van der Waals surface area contributed by atoms with Gasteiger partial charge in [-0.1, -0.05) is 66.8 Å². The van der Waals surface area contributed by atoms with Crippen molar-refractivity contribution < 1.29 is 28.8 Å². The van der Waals surface area contributed by atoms with Gasteiger partial charge in [0.1, 0.15) is 23.4 Å². The van der Waals surface area contributed by atoms with Crippen LogP contribution in [-0.4, -0.2) is 125 Å². The topological polar surface area (TPSA) is 162 Å². The van der Waals surface area contributed by atoms with Crippen LogP contribution in [0.2, 0.25) is 0 Å². The number of fused-ring (bicyclic) bond motifs is 1. The maximum atomic E-state index is 13.4. The first-order valence-corrected chi connectivity index (χ1v) is 23.1. The number of anilines is 3. The normalized spacial score (nSPS) is 15.4. The minimum absolute atomic E-state index is 0.0838. The molecule has 3 aromatic heterocycles. The third-order valence-electron chi connectivity index (χ3n) is 11.5. The monoisotopic (exact) mass is 925 g/mol. The number of carbonyl (C=O) groups excluding carboxylic acids is 1. The standard InChI is InChI=1S/C52H63N9O7/c1-5-25-60-50(63)45-37-53-51(56-49(45)61(60)47-15-11-14-46(55-47)52(2,3)64)54-42-20-22-43(23-21-42)57(4)48(62)24-31-65-33-35-67-36-34-66-32-30-58-26-28-59(29-27-58)38-40-16-18-41(19-17-40)39-68-44-12-9-7-6-8-10-13-44/h5-23,37,64H,1,24-36,38-39H2,2-4H3,(H,53,54,56)/b7-6-,8-6?,9-7?,10-8-,12-9?,13-10?,44-12?,44-13?. The van der Waals surface area contributed by atoms with Gasteiger partial charge in [-0.25, -0.2) is 19.3 Å². The van der Waals surface area contributed by atoms with Gasteiger partial charge in [0.25, 0.3) is 5.56 Å². The number of hydrogen-bond acceptors (Lipinski definition) is 13. The highest BCUT2D eigenvalue weighted by molar-refractivity contribution is 5.93. The molecule has 16 heteroatoms. The molecule has 0 atom stereocenters. The summed E-state index contributed by atoms with van der Waals surface area (Å²) in [5.41, 5.74) is 3.16. The number of aliphatic hydroxyl groups is 1. The van der Waals surface area contributed by atoms with E-state index in [1.54, 1.807) is 54.8 Å². The minimum Gasteiger partial charge on any atom is -0.489 e. The molecule has 2 N–H and O–H groups in total. The molecule has 0 saturated carbocycles. The molecular formula is C52H63N9O7. The van der Waals surface area contributed by atoms with Crippen molar-refractivity contribution in [1.29, 1.82) is 0 Å². The zero-order valence-electron chi connectivity index (χ0n) is 39.3. The Balaban J connectivity index is 0.738. The van der Waals surface area contributed by atoms with Crippen molar-refractivity contribution in [3.63, 3.8) is 0 Å². The van der Waals surface area contributed by atoms with Gasteiger partial charge in [0.05, 0.1) is 58.3 Å². The van der Waals surface area contributed by atoms with E-state index >= 15 is 0 Å². The Kier molecular flexibility index (Phi) is 17.8. The molecule has 1 aliphatic carbocycles. The second kappa shape index (κ2) is 24.5. The van der Waals surface area contributed by atoms with E-state index in [1.165, 1.54) is 16.4 Å². The predicted molar refractivity (Wildman–Crippen MR) is 265 cm³/mol. The first-order chi connectivity index (χ1) is 33.1. The Hall–Kier alpha value is -6.53. The van der Waals surface area contributed by atoms with Crippen LogP contribution in [0, 0.1) is 0 Å². The van der Waals surface area contributed by atoms with Crippen LogP contribution in [0.25, 0.3) is 16.9 Å². The van der Waals surface area contributed by atoms with Gasteiger partial charge in [-0.2, -0.15) is 4.98 Å². The van der Waals surface area contributed by atoms with Crippen molar-refractivity contribution >= 4 is 34.3 Å². The van der Waals surface area contributed by atoms with Gasteiger partial charge in [0, 0.05) is 63.9 Å². The highest BCUT2D eigenvalue weighted by Crippen LogP contribution is 2.24. The van der Waals surface area contributed by atoms with Gasteiger partial charge in [-0.05, 0) is 73.5 Å². The van der Waals surface area contributed by atoms with E-state index in [4.69, 9.17) is 18.9 Å². The van der Waals surface area contributed by atoms with E-state index in [-0.39, 0.29) is 37.0 Å². The zero-order chi connectivity index (χ0) is 47.7. The highest BCUT2D eigenvalue weighted by Gasteiger charge is 2.22. The summed E-state index contributed by atoms with van der Waals surface area (Å²) >= 11 is 0. The number of nitrogens with one attached hydrogen (secondary N) is 1. The van der Waals surface area contributed by atoms with Gasteiger partial charge in [-0.15, -0.1) is 6.58 Å². The number of amides is 1. The molecule has 68 heavy (non-hydrogen) atoms. The fourth-order valence-electron chi connectivity index (χ4n) is 7.58. The molecule has 1 aliphatic heterocycles. The molecule has 0 spiro atoms. The summed E-state index contributed by atoms with van der Waals surface area (Å²) in [6, 6.07) is 21.3. The molecule has 5 aromatic rings. The average Bonchev–Trinajstić information content (AvgIpc) is 3.60. The van der Waals surface area contributed by atoms with E-state index in [9.17, 15) is 14.7 Å². The van der Waals surface area contributed by atoms with E-state index in [0.29, 0.717) is 73.6 Å². The van der Waals surface area contributed by atoms with Crippen LogP contribution < -0.4 is 15.8 Å². The quantitative estimate of drug-likeness (QED) is 0.0515. The zero-order valence-corrected chi connectivity index (χ0v) is 39.3. The molecule has 16 nitrogen and oxygen atoms in total. The summed E-state index contributed by atoms with van der Waals surface area (Å²) < 4.78 is 26.2. The minimum atomic E-state index is -1.19. The van der Waals surface area contributed by atoms with Gasteiger partial charge in [-0.3, -0.25) is 19.4 Å². The maximum absolute atomic E-state index is 13.4. The first-order valence-electron chi connectivity index (χ1n) is 23.1. The van der Waals surface area contributed by atoms with Crippen LogP contribution in [0.4, 0.5) is 17.3 Å². The SMILES string of the molecule is C=CCn1c(=O)c2cnc(Nc3ccc(N(C)C(=O)CCOCCOCCOCCN4CCN(Cc5ccc(COC6=C/C=C\C=C/C=C6)cc5)CC4)cc3)nc2n1-c1cccc(C(C)(C)O)n1. The molecule has 1 saturated heterocycles. The van der Waals surface area contributed by atoms with Crippen LogP contribution in [0.3, 0.4) is 0 Å². The van der Waals surface area contributed by atoms with Crippen molar-refractivity contribution in [2.45, 2.75) is 45.6 Å². The Labute approximate surface area is 398 Å². The number of piperazine rings is 1. The number of nitrogens with zero attached hydrogens (tertiary/aromatic N) is 8. The number of rotatable bonds is 24. The first kappa shape index (κ1) is 49.4. The molecule has 2 aliphatic rings. The molecule has 1 amide bonds. The summed E-state index contributed by atoms with van der Waals surface area (Å²) in [5.74, 6) is 1.44. The summed E-state index contributed by atoms with van der Waals surface area (Å²) in [4.78, 5) is 46.6. The van der Waals surface area contributed by atoms with Crippen molar-refractivity contribution in [1.82, 2.24) is 34.1 Å². The molecule has 2 aromatic carbocycles. The maximum Gasteiger partial charge on any atom is 0.278 e.